The maximum Gasteiger partial charge on any atom is 0.242 e. The number of halogens is 1. The first-order valence-electron chi connectivity index (χ1n) is 7.42. The molecular formula is C18H21FN2O2. The lowest BCUT2D eigenvalue weighted by molar-refractivity contribution is -0.135. The summed E-state index contributed by atoms with van der Waals surface area (Å²) < 4.78 is 18.0. The van der Waals surface area contributed by atoms with Gasteiger partial charge in [-0.3, -0.25) is 4.79 Å². The van der Waals surface area contributed by atoms with Crippen molar-refractivity contribution in [3.8, 4) is 0 Å². The molecule has 2 aromatic rings. The van der Waals surface area contributed by atoms with Crippen molar-refractivity contribution in [1.29, 1.82) is 0 Å². The summed E-state index contributed by atoms with van der Waals surface area (Å²) in [6.45, 7) is 0.966. The number of nitrogens with two attached hydrogens (primary N) is 1. The first-order valence-corrected chi connectivity index (χ1v) is 7.42. The molecule has 2 N–H and O–H groups in total. The molecule has 4 nitrogen and oxygen atoms in total. The van der Waals surface area contributed by atoms with Crippen molar-refractivity contribution in [2.45, 2.75) is 19.1 Å². The fraction of sp³-hybridized carbons (Fsp3) is 0.278. The molecule has 0 bridgehead atoms. The lowest BCUT2D eigenvalue weighted by Gasteiger charge is -2.26. The zero-order chi connectivity index (χ0) is 16.7. The molecule has 23 heavy (non-hydrogen) atoms. The van der Waals surface area contributed by atoms with Crippen LogP contribution in [-0.4, -0.2) is 30.6 Å². The predicted molar refractivity (Wildman–Crippen MR) is 86.9 cm³/mol. The van der Waals surface area contributed by atoms with Crippen LogP contribution in [0.25, 0.3) is 0 Å². The summed E-state index contributed by atoms with van der Waals surface area (Å²) in [5, 5.41) is 0. The van der Waals surface area contributed by atoms with Gasteiger partial charge in [0.25, 0.3) is 0 Å². The number of ether oxygens (including phenoxy) is 1. The van der Waals surface area contributed by atoms with Gasteiger partial charge in [-0.15, -0.1) is 0 Å². The Morgan fingerprint density at radius 3 is 2.22 bits per heavy atom. The van der Waals surface area contributed by atoms with Crippen LogP contribution in [0, 0.1) is 5.82 Å². The lowest BCUT2D eigenvalue weighted by atomic mass is 10.1. The molecule has 0 radical (unpaired) electrons. The number of amides is 1. The van der Waals surface area contributed by atoms with E-state index in [2.05, 4.69) is 0 Å². The molecule has 1 amide bonds. The lowest BCUT2D eigenvalue weighted by Crippen LogP contribution is -2.45. The Bertz CT molecular complexity index is 617. The highest BCUT2D eigenvalue weighted by atomic mass is 19.1. The number of benzene rings is 2. The van der Waals surface area contributed by atoms with Crippen molar-refractivity contribution >= 4 is 5.91 Å². The molecule has 1 atom stereocenters. The van der Waals surface area contributed by atoms with Gasteiger partial charge >= 0.3 is 0 Å². The first kappa shape index (κ1) is 17.1. The SMILES string of the molecule is COCC(N)C(=O)N(Cc1ccccc1)Cc1ccc(F)cc1. The van der Waals surface area contributed by atoms with Gasteiger partial charge in [0.2, 0.25) is 5.91 Å². The Labute approximate surface area is 135 Å². The molecule has 0 aliphatic heterocycles. The molecule has 1 unspecified atom stereocenters. The Morgan fingerprint density at radius 1 is 1.09 bits per heavy atom. The molecule has 0 spiro atoms. The van der Waals surface area contributed by atoms with Crippen molar-refractivity contribution in [2.75, 3.05) is 13.7 Å². The molecule has 2 rings (SSSR count). The number of nitrogens with zero attached hydrogens (tertiary/aromatic N) is 1. The van der Waals surface area contributed by atoms with Crippen molar-refractivity contribution in [2.24, 2.45) is 5.73 Å². The van der Waals surface area contributed by atoms with Gasteiger partial charge in [0.15, 0.2) is 0 Å². The smallest absolute Gasteiger partial charge is 0.242 e. The Kier molecular flexibility index (Phi) is 6.26. The van der Waals surface area contributed by atoms with Gasteiger partial charge in [-0.25, -0.2) is 4.39 Å². The van der Waals surface area contributed by atoms with Crippen LogP contribution in [-0.2, 0) is 22.6 Å². The summed E-state index contributed by atoms with van der Waals surface area (Å²) in [5.74, 6) is -0.495. The minimum Gasteiger partial charge on any atom is -0.383 e. The van der Waals surface area contributed by atoms with Crippen LogP contribution in [0.2, 0.25) is 0 Å². The largest absolute Gasteiger partial charge is 0.383 e. The second kappa shape index (κ2) is 8.41. The molecule has 0 fully saturated rings. The topological polar surface area (TPSA) is 55.6 Å². The minimum atomic E-state index is -0.718. The average Bonchev–Trinajstić information content (AvgIpc) is 2.57. The third-order valence-electron chi connectivity index (χ3n) is 3.48. The number of hydrogen-bond donors (Lipinski definition) is 1. The summed E-state index contributed by atoms with van der Waals surface area (Å²) in [4.78, 5) is 14.2. The molecule has 0 aromatic heterocycles. The van der Waals surface area contributed by atoms with Crippen LogP contribution in [0.1, 0.15) is 11.1 Å². The fourth-order valence-corrected chi connectivity index (χ4v) is 2.31. The molecular weight excluding hydrogens is 295 g/mol. The average molecular weight is 316 g/mol. The zero-order valence-corrected chi connectivity index (χ0v) is 13.1. The van der Waals surface area contributed by atoms with Crippen LogP contribution in [0.4, 0.5) is 4.39 Å². The van der Waals surface area contributed by atoms with E-state index in [4.69, 9.17) is 10.5 Å². The quantitative estimate of drug-likeness (QED) is 0.853. The van der Waals surface area contributed by atoms with E-state index in [0.29, 0.717) is 13.1 Å². The van der Waals surface area contributed by atoms with E-state index in [1.807, 2.05) is 30.3 Å². The van der Waals surface area contributed by atoms with Gasteiger partial charge in [-0.05, 0) is 23.3 Å². The second-order valence-electron chi connectivity index (χ2n) is 5.37. The number of carbonyl (C=O) groups is 1. The van der Waals surface area contributed by atoms with Gasteiger partial charge in [0.1, 0.15) is 11.9 Å². The standard InChI is InChI=1S/C18H21FN2O2/c1-23-13-17(20)18(22)21(11-14-5-3-2-4-6-14)12-15-7-9-16(19)10-8-15/h2-10,17H,11-13,20H2,1H3. The molecule has 2 aromatic carbocycles. The van der Waals surface area contributed by atoms with Gasteiger partial charge in [0, 0.05) is 20.2 Å². The molecule has 0 aliphatic rings. The van der Waals surface area contributed by atoms with Crippen molar-refractivity contribution < 1.29 is 13.9 Å². The monoisotopic (exact) mass is 316 g/mol. The summed E-state index contributed by atoms with van der Waals surface area (Å²) in [6.07, 6.45) is 0. The van der Waals surface area contributed by atoms with E-state index in [9.17, 15) is 9.18 Å². The molecule has 0 aliphatic carbocycles. The molecule has 5 heteroatoms. The molecule has 0 heterocycles. The third kappa shape index (κ3) is 5.16. The van der Waals surface area contributed by atoms with Gasteiger partial charge in [-0.2, -0.15) is 0 Å². The number of hydrogen-bond acceptors (Lipinski definition) is 3. The molecule has 0 saturated carbocycles. The minimum absolute atomic E-state index is 0.160. The number of rotatable bonds is 7. The maximum absolute atomic E-state index is 13.0. The van der Waals surface area contributed by atoms with E-state index in [-0.39, 0.29) is 18.3 Å². The van der Waals surface area contributed by atoms with Gasteiger partial charge in [-0.1, -0.05) is 42.5 Å². The Hall–Kier alpha value is -2.24. The van der Waals surface area contributed by atoms with Gasteiger partial charge < -0.3 is 15.4 Å². The fourth-order valence-electron chi connectivity index (χ4n) is 2.31. The summed E-state index contributed by atoms with van der Waals surface area (Å²) in [6, 6.07) is 15.1. The molecule has 122 valence electrons. The Morgan fingerprint density at radius 2 is 1.65 bits per heavy atom. The highest BCUT2D eigenvalue weighted by Gasteiger charge is 2.21. The number of methoxy groups -OCH3 is 1. The summed E-state index contributed by atoms with van der Waals surface area (Å²) in [7, 11) is 1.51. The van der Waals surface area contributed by atoms with E-state index in [1.54, 1.807) is 17.0 Å². The van der Waals surface area contributed by atoms with Gasteiger partial charge in [0.05, 0.1) is 6.61 Å². The van der Waals surface area contributed by atoms with Crippen molar-refractivity contribution in [3.05, 3.63) is 71.5 Å². The van der Waals surface area contributed by atoms with E-state index in [0.717, 1.165) is 11.1 Å². The second-order valence-corrected chi connectivity index (χ2v) is 5.37. The number of carbonyl (C=O) groups excluding carboxylic acids is 1. The van der Waals surface area contributed by atoms with E-state index in [1.165, 1.54) is 19.2 Å². The normalized spacial score (nSPS) is 12.0. The van der Waals surface area contributed by atoms with E-state index < -0.39 is 6.04 Å². The first-order chi connectivity index (χ1) is 11.1. The highest BCUT2D eigenvalue weighted by Crippen LogP contribution is 2.12. The predicted octanol–water partition coefficient (Wildman–Crippen LogP) is 2.33. The Balaban J connectivity index is 2.16. The van der Waals surface area contributed by atoms with Crippen LogP contribution < -0.4 is 5.73 Å². The van der Waals surface area contributed by atoms with E-state index >= 15 is 0 Å². The highest BCUT2D eigenvalue weighted by molar-refractivity contribution is 5.81. The maximum atomic E-state index is 13.0. The summed E-state index contributed by atoms with van der Waals surface area (Å²) >= 11 is 0. The van der Waals surface area contributed by atoms with Crippen LogP contribution >= 0.6 is 0 Å². The molecule has 0 saturated heterocycles. The van der Waals surface area contributed by atoms with Crippen molar-refractivity contribution in [1.82, 2.24) is 4.90 Å². The zero-order valence-electron chi connectivity index (χ0n) is 13.1. The van der Waals surface area contributed by atoms with Crippen LogP contribution in [0.5, 0.6) is 0 Å². The summed E-state index contributed by atoms with van der Waals surface area (Å²) in [5.41, 5.74) is 7.74. The third-order valence-corrected chi connectivity index (χ3v) is 3.48. The van der Waals surface area contributed by atoms with Crippen molar-refractivity contribution in [3.63, 3.8) is 0 Å². The van der Waals surface area contributed by atoms with Crippen LogP contribution in [0.3, 0.4) is 0 Å². The van der Waals surface area contributed by atoms with Crippen LogP contribution in [0.15, 0.2) is 54.6 Å².